The smallest absolute Gasteiger partial charge is 0.321 e. The average Bonchev–Trinajstić information content (AvgIpc) is 2.14. The van der Waals surface area contributed by atoms with Gasteiger partial charge in [-0.3, -0.25) is 4.79 Å². The van der Waals surface area contributed by atoms with E-state index in [0.29, 0.717) is 0 Å². The van der Waals surface area contributed by atoms with Crippen molar-refractivity contribution in [3.05, 3.63) is 28.8 Å². The third-order valence-corrected chi connectivity index (χ3v) is 2.86. The number of hydrogen-bond donors (Lipinski definition) is 3. The van der Waals surface area contributed by atoms with Crippen molar-refractivity contribution in [1.82, 2.24) is 0 Å². The number of aliphatic carboxylic acids is 1. The van der Waals surface area contributed by atoms with Crippen LogP contribution in [-0.2, 0) is 4.79 Å². The molecule has 0 unspecified atom stereocenters. The number of aromatic hydroxyl groups is 1. The minimum absolute atomic E-state index is 0.190. The highest BCUT2D eigenvalue weighted by atomic mass is 16.4. The van der Waals surface area contributed by atoms with E-state index in [-0.39, 0.29) is 11.7 Å². The first-order valence-corrected chi connectivity index (χ1v) is 5.13. The van der Waals surface area contributed by atoms with Crippen LogP contribution in [0.15, 0.2) is 12.1 Å². The Balaban J connectivity index is 3.18. The Morgan fingerprint density at radius 2 is 1.75 bits per heavy atom. The number of nitrogens with two attached hydrogens (primary N) is 1. The summed E-state index contributed by atoms with van der Waals surface area (Å²) in [5, 5.41) is 18.3. The number of carboxylic acids is 1. The number of phenols is 1. The average molecular weight is 223 g/mol. The van der Waals surface area contributed by atoms with E-state index in [9.17, 15) is 9.90 Å². The van der Waals surface area contributed by atoms with Gasteiger partial charge in [-0.25, -0.2) is 0 Å². The topological polar surface area (TPSA) is 83.5 Å². The predicted octanol–water partition coefficient (Wildman–Crippen LogP) is 1.52. The summed E-state index contributed by atoms with van der Waals surface area (Å²) in [5.41, 5.74) is 8.23. The molecule has 1 rings (SSSR count). The van der Waals surface area contributed by atoms with E-state index in [2.05, 4.69) is 0 Å². The molecule has 0 bridgehead atoms. The third-order valence-electron chi connectivity index (χ3n) is 2.86. The highest BCUT2D eigenvalue weighted by Crippen LogP contribution is 2.29. The maximum absolute atomic E-state index is 10.8. The van der Waals surface area contributed by atoms with E-state index in [0.717, 1.165) is 16.7 Å². The molecule has 0 aliphatic heterocycles. The van der Waals surface area contributed by atoms with E-state index in [1.165, 1.54) is 0 Å². The van der Waals surface area contributed by atoms with Crippen molar-refractivity contribution in [2.24, 2.45) is 5.73 Å². The van der Waals surface area contributed by atoms with E-state index in [4.69, 9.17) is 10.8 Å². The minimum Gasteiger partial charge on any atom is -0.508 e. The summed E-state index contributed by atoms with van der Waals surface area (Å²) in [6.07, 6.45) is 0. The largest absolute Gasteiger partial charge is 0.508 e. The fourth-order valence-corrected chi connectivity index (χ4v) is 2.06. The molecule has 0 fully saturated rings. The number of benzene rings is 1. The van der Waals surface area contributed by atoms with Crippen molar-refractivity contribution >= 4 is 5.97 Å². The monoisotopic (exact) mass is 223 g/mol. The summed E-state index contributed by atoms with van der Waals surface area (Å²) in [6.45, 7) is 5.46. The molecule has 0 aliphatic carbocycles. The Labute approximate surface area is 94.7 Å². The van der Waals surface area contributed by atoms with Crippen molar-refractivity contribution in [2.45, 2.75) is 32.7 Å². The zero-order valence-electron chi connectivity index (χ0n) is 9.69. The second kappa shape index (κ2) is 4.53. The molecule has 0 heterocycles. The van der Waals surface area contributed by atoms with Gasteiger partial charge in [0, 0.05) is 5.92 Å². The number of aryl methyl sites for hydroxylation is 2. The van der Waals surface area contributed by atoms with Crippen molar-refractivity contribution in [1.29, 1.82) is 0 Å². The molecular weight excluding hydrogens is 206 g/mol. The van der Waals surface area contributed by atoms with Crippen LogP contribution >= 0.6 is 0 Å². The molecule has 16 heavy (non-hydrogen) atoms. The predicted molar refractivity (Wildman–Crippen MR) is 61.6 cm³/mol. The van der Waals surface area contributed by atoms with E-state index >= 15 is 0 Å². The fourth-order valence-electron chi connectivity index (χ4n) is 2.06. The van der Waals surface area contributed by atoms with Crippen LogP contribution in [0, 0.1) is 13.8 Å². The first-order valence-electron chi connectivity index (χ1n) is 5.13. The SMILES string of the molecule is Cc1cc(O)cc(C)c1[C@H](C)[C@H](N)C(=O)O. The van der Waals surface area contributed by atoms with Gasteiger partial charge in [-0.1, -0.05) is 6.92 Å². The molecule has 0 saturated carbocycles. The lowest BCUT2D eigenvalue weighted by Crippen LogP contribution is -2.35. The van der Waals surface area contributed by atoms with Crippen LogP contribution in [0.5, 0.6) is 5.75 Å². The molecule has 0 saturated heterocycles. The maximum Gasteiger partial charge on any atom is 0.321 e. The lowest BCUT2D eigenvalue weighted by atomic mass is 9.87. The molecule has 88 valence electrons. The van der Waals surface area contributed by atoms with Gasteiger partial charge >= 0.3 is 5.97 Å². The van der Waals surface area contributed by atoms with Crippen LogP contribution in [0.2, 0.25) is 0 Å². The molecule has 4 heteroatoms. The van der Waals surface area contributed by atoms with Gasteiger partial charge in [-0.05, 0) is 42.7 Å². The minimum atomic E-state index is -1.01. The van der Waals surface area contributed by atoms with Gasteiger partial charge in [0.1, 0.15) is 11.8 Å². The maximum atomic E-state index is 10.8. The van der Waals surface area contributed by atoms with E-state index in [1.807, 2.05) is 13.8 Å². The molecule has 0 aromatic heterocycles. The summed E-state index contributed by atoms with van der Waals surface area (Å²) in [4.78, 5) is 10.8. The quantitative estimate of drug-likeness (QED) is 0.725. The Morgan fingerprint density at radius 3 is 2.12 bits per heavy atom. The van der Waals surface area contributed by atoms with Gasteiger partial charge in [0.2, 0.25) is 0 Å². The highest BCUT2D eigenvalue weighted by Gasteiger charge is 2.24. The highest BCUT2D eigenvalue weighted by molar-refractivity contribution is 5.74. The van der Waals surface area contributed by atoms with Crippen molar-refractivity contribution < 1.29 is 15.0 Å². The second-order valence-corrected chi connectivity index (χ2v) is 4.15. The van der Waals surface area contributed by atoms with Crippen LogP contribution in [0.1, 0.15) is 29.5 Å². The fraction of sp³-hybridized carbons (Fsp3) is 0.417. The first-order chi connectivity index (χ1) is 7.34. The summed E-state index contributed by atoms with van der Waals surface area (Å²) in [6, 6.07) is 2.31. The lowest BCUT2D eigenvalue weighted by Gasteiger charge is -2.21. The van der Waals surface area contributed by atoms with E-state index in [1.54, 1.807) is 19.1 Å². The molecule has 4 N–H and O–H groups in total. The van der Waals surface area contributed by atoms with Gasteiger partial charge in [-0.15, -0.1) is 0 Å². The number of rotatable bonds is 3. The molecule has 0 aliphatic rings. The molecule has 0 radical (unpaired) electrons. The number of phenolic OH excluding ortho intramolecular Hbond substituents is 1. The molecule has 2 atom stereocenters. The van der Waals surface area contributed by atoms with Crippen molar-refractivity contribution in [3.63, 3.8) is 0 Å². The molecule has 0 amide bonds. The van der Waals surface area contributed by atoms with Crippen LogP contribution in [0.25, 0.3) is 0 Å². The first kappa shape index (κ1) is 12.5. The van der Waals surface area contributed by atoms with Crippen molar-refractivity contribution in [2.75, 3.05) is 0 Å². The number of carboxylic acid groups (broad SMARTS) is 1. The van der Waals surface area contributed by atoms with Gasteiger partial charge in [0.25, 0.3) is 0 Å². The van der Waals surface area contributed by atoms with E-state index < -0.39 is 12.0 Å². The number of hydrogen-bond acceptors (Lipinski definition) is 3. The lowest BCUT2D eigenvalue weighted by molar-refractivity contribution is -0.139. The molecule has 1 aromatic rings. The van der Waals surface area contributed by atoms with Gasteiger partial charge in [0.15, 0.2) is 0 Å². The molecule has 0 spiro atoms. The second-order valence-electron chi connectivity index (χ2n) is 4.15. The standard InChI is InChI=1S/C12H17NO3/c1-6-4-9(14)5-7(2)10(6)8(3)11(13)12(15)16/h4-5,8,11,14H,13H2,1-3H3,(H,15,16)/t8-,11-/m0/s1. The van der Waals surface area contributed by atoms with Gasteiger partial charge in [0.05, 0.1) is 0 Å². The van der Waals surface area contributed by atoms with Crippen molar-refractivity contribution in [3.8, 4) is 5.75 Å². The zero-order chi connectivity index (χ0) is 12.5. The zero-order valence-corrected chi connectivity index (χ0v) is 9.69. The Hall–Kier alpha value is -1.55. The summed E-state index contributed by atoms with van der Waals surface area (Å²) in [5.74, 6) is -1.10. The Morgan fingerprint density at radius 1 is 1.31 bits per heavy atom. The van der Waals surface area contributed by atoms with Gasteiger partial charge < -0.3 is 15.9 Å². The molecule has 1 aromatic carbocycles. The third kappa shape index (κ3) is 2.33. The van der Waals surface area contributed by atoms with Gasteiger partial charge in [-0.2, -0.15) is 0 Å². The normalized spacial score (nSPS) is 14.5. The summed E-state index contributed by atoms with van der Waals surface area (Å²) in [7, 11) is 0. The Bertz CT molecular complexity index is 392. The molecule has 4 nitrogen and oxygen atoms in total. The summed E-state index contributed by atoms with van der Waals surface area (Å²) < 4.78 is 0. The van der Waals surface area contributed by atoms with Crippen LogP contribution in [0.3, 0.4) is 0 Å². The number of carbonyl (C=O) groups is 1. The summed E-state index contributed by atoms with van der Waals surface area (Å²) >= 11 is 0. The Kier molecular flexibility index (Phi) is 3.55. The van der Waals surface area contributed by atoms with Crippen LogP contribution in [0.4, 0.5) is 0 Å². The van der Waals surface area contributed by atoms with Crippen LogP contribution < -0.4 is 5.73 Å². The van der Waals surface area contributed by atoms with Crippen LogP contribution in [-0.4, -0.2) is 22.2 Å². The molecular formula is C12H17NO3.